The van der Waals surface area contributed by atoms with Gasteiger partial charge in [-0.25, -0.2) is 14.6 Å². The number of aromatic amines is 1. The summed E-state index contributed by atoms with van der Waals surface area (Å²) in [6.07, 6.45) is 3.31. The Morgan fingerprint density at radius 2 is 1.93 bits per heavy atom. The first kappa shape index (κ1) is 28.1. The molecule has 11 heteroatoms. The number of aromatic nitrogens is 1. The molecule has 5 fully saturated rings. The third kappa shape index (κ3) is 5.03. The van der Waals surface area contributed by atoms with Gasteiger partial charge in [-0.1, -0.05) is 32.0 Å². The van der Waals surface area contributed by atoms with E-state index < -0.39 is 47.9 Å². The molecule has 9 atom stereocenters. The van der Waals surface area contributed by atoms with Gasteiger partial charge < -0.3 is 29.6 Å². The van der Waals surface area contributed by atoms with E-state index in [0.717, 1.165) is 35.7 Å². The molecule has 2 bridgehead atoms. The Morgan fingerprint density at radius 3 is 2.73 bits per heavy atom. The van der Waals surface area contributed by atoms with Gasteiger partial charge in [-0.3, -0.25) is 9.59 Å². The molecule has 1 amide bonds. The monoisotopic (exact) mass is 570 g/mol. The quantitative estimate of drug-likeness (QED) is 0.319. The summed E-state index contributed by atoms with van der Waals surface area (Å²) in [5.41, 5.74) is 0.914. The second-order valence-electron chi connectivity index (χ2n) is 12.3. The van der Waals surface area contributed by atoms with E-state index in [2.05, 4.69) is 17.2 Å². The van der Waals surface area contributed by atoms with Crippen molar-refractivity contribution in [2.24, 2.45) is 23.7 Å². The minimum atomic E-state index is -1.15. The average Bonchev–Trinajstić information content (AvgIpc) is 3.21. The van der Waals surface area contributed by atoms with Gasteiger partial charge in [-0.2, -0.15) is 0 Å². The molecule has 1 aromatic heterocycles. The fourth-order valence-electron chi connectivity index (χ4n) is 7.40. The smallest absolute Gasteiger partial charge is 0.326 e. The SMILES string of the molecule is C[C@H]1[C@H](OC(=O)CCC(=O)N[C@H](Cc2c[nH]c3ccccc23)C(=O)O)O[C@@H]2O[C@]3(C)CC[C@H]4[C@H](C)CC[C@@H]1[C@@]24OO3. The van der Waals surface area contributed by atoms with Crippen LogP contribution in [0.1, 0.15) is 64.9 Å². The Balaban J connectivity index is 1.06. The number of carboxylic acid groups (broad SMARTS) is 1. The second kappa shape index (κ2) is 10.7. The molecule has 41 heavy (non-hydrogen) atoms. The second-order valence-corrected chi connectivity index (χ2v) is 12.3. The highest BCUT2D eigenvalue weighted by Gasteiger charge is 2.69. The highest BCUT2D eigenvalue weighted by Crippen LogP contribution is 2.60. The van der Waals surface area contributed by atoms with Gasteiger partial charge in [-0.05, 0) is 49.7 Å². The number of carboxylic acids is 1. The van der Waals surface area contributed by atoms with Crippen LogP contribution in [-0.2, 0) is 44.8 Å². The number of fused-ring (bicyclic) bond motifs is 3. The molecule has 5 aliphatic rings. The van der Waals surface area contributed by atoms with Gasteiger partial charge in [0.2, 0.25) is 18.0 Å². The van der Waals surface area contributed by atoms with Crippen LogP contribution < -0.4 is 5.32 Å². The molecule has 7 rings (SSSR count). The number of hydrogen-bond donors (Lipinski definition) is 3. The number of benzene rings is 1. The number of nitrogens with one attached hydrogen (secondary N) is 2. The first-order chi connectivity index (χ1) is 19.6. The standard InChI is InChI=1S/C30H38N2O9/c1-16-8-9-21-17(2)27(38-28-30(21)20(16)12-13-29(3,39-28)40-41-30)37-25(34)11-10-24(33)32-23(26(35)36)14-18-15-31-22-7-5-4-6-19(18)22/h4-7,15-17,20-21,23,27-28,31H,8-14H2,1-3H3,(H,32,33)(H,35,36)/t16-,17-,20+,21+,23-,27-,28-,29+,30-/m1/s1. The van der Waals surface area contributed by atoms with Gasteiger partial charge in [0.05, 0.1) is 6.42 Å². The van der Waals surface area contributed by atoms with Gasteiger partial charge in [0.1, 0.15) is 6.04 Å². The normalized spacial score (nSPS) is 36.7. The zero-order chi connectivity index (χ0) is 28.9. The van der Waals surface area contributed by atoms with Crippen molar-refractivity contribution in [3.8, 4) is 0 Å². The van der Waals surface area contributed by atoms with E-state index in [9.17, 15) is 19.5 Å². The lowest BCUT2D eigenvalue weighted by atomic mass is 9.58. The van der Waals surface area contributed by atoms with Crippen LogP contribution >= 0.6 is 0 Å². The van der Waals surface area contributed by atoms with Crippen molar-refractivity contribution < 1.29 is 43.5 Å². The lowest BCUT2D eigenvalue weighted by Crippen LogP contribution is -2.70. The predicted octanol–water partition coefficient (Wildman–Crippen LogP) is 3.81. The van der Waals surface area contributed by atoms with E-state index in [4.69, 9.17) is 24.0 Å². The van der Waals surface area contributed by atoms with Crippen molar-refractivity contribution in [3.05, 3.63) is 36.0 Å². The van der Waals surface area contributed by atoms with Crippen LogP contribution in [-0.4, -0.2) is 57.9 Å². The van der Waals surface area contributed by atoms with Crippen molar-refractivity contribution in [1.29, 1.82) is 0 Å². The number of amides is 1. The van der Waals surface area contributed by atoms with Gasteiger partial charge in [0, 0.05) is 48.2 Å². The Hall–Kier alpha value is -2.99. The van der Waals surface area contributed by atoms with Crippen LogP contribution in [0.2, 0.25) is 0 Å². The molecule has 3 N–H and O–H groups in total. The number of para-hydroxylation sites is 1. The summed E-state index contributed by atoms with van der Waals surface area (Å²) in [5.74, 6) is -2.78. The molecule has 1 spiro atoms. The fourth-order valence-corrected chi connectivity index (χ4v) is 7.40. The zero-order valence-electron chi connectivity index (χ0n) is 23.6. The van der Waals surface area contributed by atoms with Crippen LogP contribution in [0.4, 0.5) is 0 Å². The molecule has 4 saturated heterocycles. The van der Waals surface area contributed by atoms with Crippen LogP contribution in [0.3, 0.4) is 0 Å². The molecule has 1 aliphatic carbocycles. The number of aliphatic carboxylic acids is 1. The van der Waals surface area contributed by atoms with E-state index in [1.807, 2.05) is 38.1 Å². The number of H-pyrrole nitrogens is 1. The van der Waals surface area contributed by atoms with Crippen molar-refractivity contribution in [1.82, 2.24) is 10.3 Å². The summed E-state index contributed by atoms with van der Waals surface area (Å²) in [4.78, 5) is 52.5. The largest absolute Gasteiger partial charge is 0.480 e. The van der Waals surface area contributed by atoms with Crippen molar-refractivity contribution in [2.45, 2.75) is 95.7 Å². The minimum Gasteiger partial charge on any atom is -0.480 e. The van der Waals surface area contributed by atoms with E-state index in [1.165, 1.54) is 0 Å². The number of carbonyl (C=O) groups excluding carboxylic acids is 2. The highest BCUT2D eigenvalue weighted by atomic mass is 17.3. The maximum Gasteiger partial charge on any atom is 0.326 e. The number of hydrogen-bond acceptors (Lipinski definition) is 8. The molecule has 1 aromatic carbocycles. The van der Waals surface area contributed by atoms with Crippen molar-refractivity contribution in [3.63, 3.8) is 0 Å². The molecule has 1 saturated carbocycles. The Labute approximate surface area is 238 Å². The van der Waals surface area contributed by atoms with E-state index >= 15 is 0 Å². The van der Waals surface area contributed by atoms with E-state index in [0.29, 0.717) is 12.3 Å². The van der Waals surface area contributed by atoms with Gasteiger partial charge in [-0.15, -0.1) is 0 Å². The zero-order valence-corrected chi connectivity index (χ0v) is 23.6. The first-order valence-corrected chi connectivity index (χ1v) is 14.6. The van der Waals surface area contributed by atoms with E-state index in [-0.39, 0.29) is 37.0 Å². The third-order valence-electron chi connectivity index (χ3n) is 9.63. The summed E-state index contributed by atoms with van der Waals surface area (Å²) >= 11 is 0. The molecular weight excluding hydrogens is 532 g/mol. The Kier molecular flexibility index (Phi) is 7.34. The maximum atomic E-state index is 12.9. The number of rotatable bonds is 8. The molecule has 0 radical (unpaired) electrons. The number of esters is 1. The third-order valence-corrected chi connectivity index (χ3v) is 9.63. The lowest BCUT2D eigenvalue weighted by Gasteiger charge is -2.59. The summed E-state index contributed by atoms with van der Waals surface area (Å²) in [6.45, 7) is 6.05. The van der Waals surface area contributed by atoms with Crippen molar-refractivity contribution >= 4 is 28.7 Å². The number of ether oxygens (including phenoxy) is 3. The molecule has 0 unspecified atom stereocenters. The van der Waals surface area contributed by atoms with Gasteiger partial charge in [0.25, 0.3) is 0 Å². The van der Waals surface area contributed by atoms with E-state index in [1.54, 1.807) is 6.20 Å². The molecule has 11 nitrogen and oxygen atoms in total. The van der Waals surface area contributed by atoms with Gasteiger partial charge in [0.15, 0.2) is 11.9 Å². The molecular formula is C30H38N2O9. The summed E-state index contributed by atoms with van der Waals surface area (Å²) < 4.78 is 18.3. The van der Waals surface area contributed by atoms with Crippen LogP contribution in [0, 0.1) is 23.7 Å². The topological polar surface area (TPSA) is 145 Å². The van der Waals surface area contributed by atoms with Crippen molar-refractivity contribution in [2.75, 3.05) is 0 Å². The van der Waals surface area contributed by atoms with Gasteiger partial charge >= 0.3 is 11.9 Å². The van der Waals surface area contributed by atoms with Crippen LogP contribution in [0.15, 0.2) is 30.5 Å². The lowest BCUT2D eigenvalue weighted by molar-refractivity contribution is -0.576. The fraction of sp³-hybridized carbons (Fsp3) is 0.633. The molecule has 4 aliphatic heterocycles. The summed E-state index contributed by atoms with van der Waals surface area (Å²) in [6, 6.07) is 6.42. The molecule has 2 aromatic rings. The highest BCUT2D eigenvalue weighted by molar-refractivity contribution is 5.87. The Morgan fingerprint density at radius 1 is 1.12 bits per heavy atom. The predicted molar refractivity (Wildman–Crippen MR) is 144 cm³/mol. The number of carbonyl (C=O) groups is 3. The molecule has 222 valence electrons. The minimum absolute atomic E-state index is 0.00651. The van der Waals surface area contributed by atoms with Crippen LogP contribution in [0.5, 0.6) is 0 Å². The summed E-state index contributed by atoms with van der Waals surface area (Å²) in [5, 5.41) is 13.2. The van der Waals surface area contributed by atoms with Crippen LogP contribution in [0.25, 0.3) is 10.9 Å². The summed E-state index contributed by atoms with van der Waals surface area (Å²) in [7, 11) is 0. The average molecular weight is 571 g/mol. The maximum absolute atomic E-state index is 12.9. The first-order valence-electron chi connectivity index (χ1n) is 14.6. The molecule has 5 heterocycles. The Bertz CT molecular complexity index is 1330.